The van der Waals surface area contributed by atoms with Crippen molar-refractivity contribution in [2.45, 2.75) is 39.4 Å². The van der Waals surface area contributed by atoms with Crippen molar-refractivity contribution in [2.75, 3.05) is 24.9 Å². The maximum absolute atomic E-state index is 13.5. The summed E-state index contributed by atoms with van der Waals surface area (Å²) >= 11 is 6.08. The largest absolute Gasteiger partial charge is 0.352 e. The molecular formula is C23H30ClFN4O4S. The molecule has 0 bridgehead atoms. The maximum atomic E-state index is 13.5. The number of carbonyl (C=O) groups is 2. The van der Waals surface area contributed by atoms with E-state index < -0.39 is 34.5 Å². The second-order valence-corrected chi connectivity index (χ2v) is 10.8. The first kappa shape index (κ1) is 27.6. The highest BCUT2D eigenvalue weighted by Crippen LogP contribution is 2.22. The smallest absolute Gasteiger partial charge is 0.304 e. The van der Waals surface area contributed by atoms with Crippen molar-refractivity contribution in [3.63, 3.8) is 0 Å². The van der Waals surface area contributed by atoms with Gasteiger partial charge in [-0.15, -0.1) is 0 Å². The summed E-state index contributed by atoms with van der Waals surface area (Å²) in [5.74, 6) is -1.53. The van der Waals surface area contributed by atoms with Gasteiger partial charge < -0.3 is 10.2 Å². The molecule has 0 fully saturated rings. The molecule has 0 aliphatic heterocycles. The predicted molar refractivity (Wildman–Crippen MR) is 131 cm³/mol. The van der Waals surface area contributed by atoms with Crippen LogP contribution in [-0.2, 0) is 26.3 Å². The summed E-state index contributed by atoms with van der Waals surface area (Å²) in [6.07, 6.45) is 0. The molecule has 1 atom stereocenters. The summed E-state index contributed by atoms with van der Waals surface area (Å²) in [7, 11) is -1.44. The molecule has 1 N–H and O–H groups in total. The topological polar surface area (TPSA) is 90.0 Å². The minimum Gasteiger partial charge on any atom is -0.352 e. The zero-order chi connectivity index (χ0) is 25.6. The zero-order valence-electron chi connectivity index (χ0n) is 19.8. The van der Waals surface area contributed by atoms with Crippen LogP contribution in [0.5, 0.6) is 0 Å². The van der Waals surface area contributed by atoms with Crippen molar-refractivity contribution in [1.82, 2.24) is 14.5 Å². The summed E-state index contributed by atoms with van der Waals surface area (Å²) in [5, 5.41) is 3.24. The second-order valence-electron chi connectivity index (χ2n) is 8.26. The number of nitrogens with one attached hydrogen (secondary N) is 1. The third-order valence-electron chi connectivity index (χ3n) is 4.97. The molecule has 0 saturated carbocycles. The highest BCUT2D eigenvalue weighted by atomic mass is 35.5. The third kappa shape index (κ3) is 7.15. The lowest BCUT2D eigenvalue weighted by atomic mass is 10.1. The standard InChI is InChI=1S/C23H30ClFN4O4S/c1-16(2)26-23(31)17(3)28(14-18-7-6-8-19(24)13-18)22(30)15-29(34(32,33)27(4)5)21-11-9-20(25)10-12-21/h6-13,16-17H,14-15H2,1-5H3,(H,26,31)/t17-/m0/s1. The summed E-state index contributed by atoms with van der Waals surface area (Å²) in [4.78, 5) is 27.5. The number of benzene rings is 2. The molecule has 0 radical (unpaired) electrons. The van der Waals surface area contributed by atoms with Crippen LogP contribution >= 0.6 is 11.6 Å². The van der Waals surface area contributed by atoms with E-state index in [1.54, 1.807) is 45.0 Å². The van der Waals surface area contributed by atoms with E-state index in [4.69, 9.17) is 11.6 Å². The average Bonchev–Trinajstić information content (AvgIpc) is 2.75. The van der Waals surface area contributed by atoms with Crippen molar-refractivity contribution >= 4 is 39.3 Å². The number of nitrogens with zero attached hydrogens (tertiary/aromatic N) is 3. The van der Waals surface area contributed by atoms with E-state index >= 15 is 0 Å². The molecule has 0 unspecified atom stereocenters. The van der Waals surface area contributed by atoms with E-state index in [0.717, 1.165) is 20.7 Å². The third-order valence-corrected chi connectivity index (χ3v) is 7.03. The van der Waals surface area contributed by atoms with E-state index in [1.165, 1.54) is 31.1 Å². The number of hydrogen-bond acceptors (Lipinski definition) is 4. The lowest BCUT2D eigenvalue weighted by Gasteiger charge is -2.33. The highest BCUT2D eigenvalue weighted by Gasteiger charge is 2.32. The Bertz CT molecular complexity index is 1110. The number of amides is 2. The first-order valence-electron chi connectivity index (χ1n) is 10.6. The molecule has 0 saturated heterocycles. The second kappa shape index (κ2) is 11.6. The van der Waals surface area contributed by atoms with Crippen LogP contribution in [-0.4, -0.2) is 62.2 Å². The molecule has 8 nitrogen and oxygen atoms in total. The Morgan fingerprint density at radius 1 is 1.06 bits per heavy atom. The van der Waals surface area contributed by atoms with Crippen molar-refractivity contribution in [2.24, 2.45) is 0 Å². The molecular weight excluding hydrogens is 483 g/mol. The monoisotopic (exact) mass is 512 g/mol. The Morgan fingerprint density at radius 2 is 1.68 bits per heavy atom. The Balaban J connectivity index is 2.45. The van der Waals surface area contributed by atoms with Crippen LogP contribution < -0.4 is 9.62 Å². The quantitative estimate of drug-likeness (QED) is 0.530. The lowest BCUT2D eigenvalue weighted by Crippen LogP contribution is -2.53. The van der Waals surface area contributed by atoms with E-state index in [9.17, 15) is 22.4 Å². The van der Waals surface area contributed by atoms with E-state index in [1.807, 2.05) is 0 Å². The summed E-state index contributed by atoms with van der Waals surface area (Å²) in [6.45, 7) is 4.61. The summed E-state index contributed by atoms with van der Waals surface area (Å²) < 4.78 is 41.3. The molecule has 0 aliphatic carbocycles. The van der Waals surface area contributed by atoms with Crippen LogP contribution in [0.1, 0.15) is 26.3 Å². The van der Waals surface area contributed by atoms with Crippen LogP contribution in [0.15, 0.2) is 48.5 Å². The fourth-order valence-electron chi connectivity index (χ4n) is 3.14. The van der Waals surface area contributed by atoms with Gasteiger partial charge in [-0.05, 0) is 62.7 Å². The predicted octanol–water partition coefficient (Wildman–Crippen LogP) is 3.03. The molecule has 0 spiro atoms. The minimum atomic E-state index is -4.10. The van der Waals surface area contributed by atoms with Crippen LogP contribution in [0.3, 0.4) is 0 Å². The van der Waals surface area contributed by atoms with Gasteiger partial charge in [-0.2, -0.15) is 12.7 Å². The van der Waals surface area contributed by atoms with Crippen molar-refractivity contribution in [3.8, 4) is 0 Å². The van der Waals surface area contributed by atoms with Gasteiger partial charge in [0.2, 0.25) is 11.8 Å². The van der Waals surface area contributed by atoms with Crippen molar-refractivity contribution in [1.29, 1.82) is 0 Å². The number of rotatable bonds is 10. The normalized spacial score (nSPS) is 12.5. The lowest BCUT2D eigenvalue weighted by molar-refractivity contribution is -0.139. The fraction of sp³-hybridized carbons (Fsp3) is 0.391. The Hall–Kier alpha value is -2.69. The van der Waals surface area contributed by atoms with Gasteiger partial charge in [0.05, 0.1) is 5.69 Å². The molecule has 34 heavy (non-hydrogen) atoms. The number of hydrogen-bond donors (Lipinski definition) is 1. The van der Waals surface area contributed by atoms with E-state index in [0.29, 0.717) is 10.6 Å². The van der Waals surface area contributed by atoms with Crippen LogP contribution in [0, 0.1) is 5.82 Å². The van der Waals surface area contributed by atoms with Gasteiger partial charge in [0.25, 0.3) is 0 Å². The highest BCUT2D eigenvalue weighted by molar-refractivity contribution is 7.90. The van der Waals surface area contributed by atoms with Crippen LogP contribution in [0.4, 0.5) is 10.1 Å². The number of carbonyl (C=O) groups excluding carboxylic acids is 2. The van der Waals surface area contributed by atoms with Gasteiger partial charge in [-0.25, -0.2) is 8.70 Å². The van der Waals surface area contributed by atoms with Gasteiger partial charge >= 0.3 is 10.2 Å². The number of anilines is 1. The van der Waals surface area contributed by atoms with E-state index in [2.05, 4.69) is 5.32 Å². The van der Waals surface area contributed by atoms with Gasteiger partial charge in [0, 0.05) is 31.7 Å². The molecule has 2 amide bonds. The summed E-state index contributed by atoms with van der Waals surface area (Å²) in [5.41, 5.74) is 0.791. The molecule has 2 rings (SSSR count). The summed E-state index contributed by atoms with van der Waals surface area (Å²) in [6, 6.07) is 10.6. The maximum Gasteiger partial charge on any atom is 0.304 e. The fourth-order valence-corrected chi connectivity index (χ4v) is 4.41. The van der Waals surface area contributed by atoms with Crippen LogP contribution in [0.2, 0.25) is 5.02 Å². The van der Waals surface area contributed by atoms with Gasteiger partial charge in [0.1, 0.15) is 18.4 Å². The Morgan fingerprint density at radius 3 is 2.21 bits per heavy atom. The van der Waals surface area contributed by atoms with Crippen molar-refractivity contribution in [3.05, 3.63) is 64.9 Å². The van der Waals surface area contributed by atoms with Crippen LogP contribution in [0.25, 0.3) is 0 Å². The Labute approximate surface area is 205 Å². The van der Waals surface area contributed by atoms with Gasteiger partial charge in [0.15, 0.2) is 0 Å². The SMILES string of the molecule is CC(C)NC(=O)[C@H](C)N(Cc1cccc(Cl)c1)C(=O)CN(c1ccc(F)cc1)S(=O)(=O)N(C)C. The van der Waals surface area contributed by atoms with Crippen molar-refractivity contribution < 1.29 is 22.4 Å². The molecule has 11 heteroatoms. The molecule has 0 aliphatic rings. The Kier molecular flexibility index (Phi) is 9.43. The molecule has 0 aromatic heterocycles. The molecule has 2 aromatic carbocycles. The molecule has 186 valence electrons. The zero-order valence-corrected chi connectivity index (χ0v) is 21.4. The number of halogens is 2. The van der Waals surface area contributed by atoms with E-state index in [-0.39, 0.29) is 24.2 Å². The first-order chi connectivity index (χ1) is 15.8. The minimum absolute atomic E-state index is 0.0331. The molecule has 0 heterocycles. The average molecular weight is 513 g/mol. The first-order valence-corrected chi connectivity index (χ1v) is 12.4. The van der Waals surface area contributed by atoms with Gasteiger partial charge in [-0.3, -0.25) is 9.59 Å². The van der Waals surface area contributed by atoms with Gasteiger partial charge in [-0.1, -0.05) is 23.7 Å². The molecule has 2 aromatic rings.